The fourth-order valence-corrected chi connectivity index (χ4v) is 4.55. The second kappa shape index (κ2) is 11.1. The molecule has 0 saturated carbocycles. The van der Waals surface area contributed by atoms with Gasteiger partial charge in [0.1, 0.15) is 0 Å². The van der Waals surface area contributed by atoms with Crippen LogP contribution in [-0.2, 0) is 17.8 Å². The van der Waals surface area contributed by atoms with Crippen LogP contribution in [0.2, 0.25) is 0 Å². The van der Waals surface area contributed by atoms with Gasteiger partial charge in [0.05, 0.1) is 17.6 Å². The number of nitrogens with zero attached hydrogens (tertiary/aromatic N) is 4. The molecule has 4 aromatic rings. The zero-order valence-corrected chi connectivity index (χ0v) is 20.2. The molecular weight excluding hydrogens is 452 g/mol. The van der Waals surface area contributed by atoms with Crippen LogP contribution in [0, 0.1) is 0 Å². The number of pyridine rings is 1. The third-order valence-corrected chi connectivity index (χ3v) is 6.47. The van der Waals surface area contributed by atoms with E-state index in [9.17, 15) is 9.59 Å². The number of fused-ring (bicyclic) bond motifs is 1. The fourth-order valence-electron chi connectivity index (χ4n) is 4.55. The Morgan fingerprint density at radius 2 is 1.69 bits per heavy atom. The number of hydrogen-bond donors (Lipinski definition) is 2. The Bertz CT molecular complexity index is 1330. The Morgan fingerprint density at radius 3 is 2.47 bits per heavy atom. The van der Waals surface area contributed by atoms with Gasteiger partial charge in [-0.05, 0) is 61.3 Å². The molecule has 0 unspecified atom stereocenters. The van der Waals surface area contributed by atoms with Gasteiger partial charge in [-0.1, -0.05) is 36.4 Å². The molecule has 0 aliphatic carbocycles. The Kier molecular flexibility index (Phi) is 7.33. The number of rotatable bonds is 9. The molecule has 0 spiro atoms. The molecule has 5 rings (SSSR count). The van der Waals surface area contributed by atoms with Gasteiger partial charge in [-0.15, -0.1) is 0 Å². The highest BCUT2D eigenvalue weighted by atomic mass is 16.2. The molecule has 2 aromatic carbocycles. The molecule has 0 bridgehead atoms. The van der Waals surface area contributed by atoms with E-state index in [0.717, 1.165) is 47.4 Å². The third kappa shape index (κ3) is 5.60. The second-order valence-corrected chi connectivity index (χ2v) is 9.06. The largest absolute Gasteiger partial charge is 0.352 e. The van der Waals surface area contributed by atoms with Crippen molar-refractivity contribution in [2.75, 3.05) is 26.2 Å². The number of para-hydroxylation sites is 1. The van der Waals surface area contributed by atoms with E-state index >= 15 is 0 Å². The first-order valence-corrected chi connectivity index (χ1v) is 12.4. The molecule has 1 fully saturated rings. The van der Waals surface area contributed by atoms with Crippen LogP contribution < -0.4 is 10.6 Å². The summed E-state index contributed by atoms with van der Waals surface area (Å²) in [4.78, 5) is 31.8. The number of nitrogens with one attached hydrogen (secondary N) is 2. The first-order chi connectivity index (χ1) is 17.7. The normalized spacial score (nSPS) is 13.7. The second-order valence-electron chi connectivity index (χ2n) is 9.06. The molecule has 1 aliphatic rings. The molecule has 1 saturated heterocycles. The first kappa shape index (κ1) is 23.7. The van der Waals surface area contributed by atoms with E-state index < -0.39 is 0 Å². The molecule has 36 heavy (non-hydrogen) atoms. The van der Waals surface area contributed by atoms with Crippen LogP contribution in [0.3, 0.4) is 0 Å². The molecule has 8 nitrogen and oxygen atoms in total. The van der Waals surface area contributed by atoms with Gasteiger partial charge in [-0.2, -0.15) is 5.10 Å². The summed E-state index contributed by atoms with van der Waals surface area (Å²) in [5, 5.41) is 11.4. The van der Waals surface area contributed by atoms with Gasteiger partial charge in [0.25, 0.3) is 5.91 Å². The van der Waals surface area contributed by atoms with Gasteiger partial charge in [-0.25, -0.2) is 4.68 Å². The molecule has 2 N–H and O–H groups in total. The summed E-state index contributed by atoms with van der Waals surface area (Å²) in [5.74, 6) is -0.213. The van der Waals surface area contributed by atoms with Crippen molar-refractivity contribution in [3.8, 4) is 5.69 Å². The van der Waals surface area contributed by atoms with Crippen LogP contribution >= 0.6 is 0 Å². The minimum Gasteiger partial charge on any atom is -0.352 e. The first-order valence-electron chi connectivity index (χ1n) is 12.4. The minimum atomic E-state index is -0.161. The van der Waals surface area contributed by atoms with Crippen LogP contribution in [0.4, 0.5) is 0 Å². The summed E-state index contributed by atoms with van der Waals surface area (Å²) in [6.45, 7) is 4.14. The SMILES string of the molecule is O=C(Cc1ccc(-n2nc(C(=O)NCCN3CCCC3)c3ccccc32)cc1)NCc1cccnc1. The lowest BCUT2D eigenvalue weighted by atomic mass is 10.1. The van der Waals surface area contributed by atoms with E-state index in [1.54, 1.807) is 17.1 Å². The minimum absolute atomic E-state index is 0.0518. The summed E-state index contributed by atoms with van der Waals surface area (Å²) in [6.07, 6.45) is 6.20. The van der Waals surface area contributed by atoms with Crippen LogP contribution in [0.25, 0.3) is 16.6 Å². The molecular formula is C28H30N6O2. The number of likely N-dealkylation sites (tertiary alicyclic amines) is 1. The van der Waals surface area contributed by atoms with Crippen LogP contribution in [-0.4, -0.2) is 57.7 Å². The van der Waals surface area contributed by atoms with E-state index in [-0.39, 0.29) is 18.2 Å². The number of amides is 2. The lowest BCUT2D eigenvalue weighted by molar-refractivity contribution is -0.120. The van der Waals surface area contributed by atoms with Crippen molar-refractivity contribution in [3.63, 3.8) is 0 Å². The van der Waals surface area contributed by atoms with Gasteiger partial charge in [0.2, 0.25) is 5.91 Å². The van der Waals surface area contributed by atoms with E-state index in [1.807, 2.05) is 60.7 Å². The maximum Gasteiger partial charge on any atom is 0.272 e. The Morgan fingerprint density at radius 1 is 0.889 bits per heavy atom. The molecule has 0 atom stereocenters. The summed E-state index contributed by atoms with van der Waals surface area (Å²) in [5.41, 5.74) is 3.98. The zero-order valence-electron chi connectivity index (χ0n) is 20.2. The topological polar surface area (TPSA) is 92.2 Å². The summed E-state index contributed by atoms with van der Waals surface area (Å²) >= 11 is 0. The number of aromatic nitrogens is 3. The summed E-state index contributed by atoms with van der Waals surface area (Å²) in [7, 11) is 0. The van der Waals surface area contributed by atoms with E-state index in [2.05, 4.69) is 25.6 Å². The average molecular weight is 483 g/mol. The van der Waals surface area contributed by atoms with Crippen molar-refractivity contribution in [1.82, 2.24) is 30.3 Å². The molecule has 2 aromatic heterocycles. The molecule has 2 amide bonds. The number of carbonyl (C=O) groups is 2. The Labute approximate surface area is 210 Å². The van der Waals surface area contributed by atoms with Gasteiger partial charge >= 0.3 is 0 Å². The van der Waals surface area contributed by atoms with Gasteiger partial charge in [0, 0.05) is 37.4 Å². The number of hydrogen-bond acceptors (Lipinski definition) is 5. The fraction of sp³-hybridized carbons (Fsp3) is 0.286. The van der Waals surface area contributed by atoms with E-state index in [0.29, 0.717) is 18.8 Å². The van der Waals surface area contributed by atoms with Crippen LogP contribution in [0.15, 0.2) is 73.1 Å². The van der Waals surface area contributed by atoms with Crippen molar-refractivity contribution in [2.45, 2.75) is 25.8 Å². The quantitative estimate of drug-likeness (QED) is 0.383. The predicted molar refractivity (Wildman–Crippen MR) is 139 cm³/mol. The van der Waals surface area contributed by atoms with Crippen molar-refractivity contribution in [2.24, 2.45) is 0 Å². The van der Waals surface area contributed by atoms with Crippen molar-refractivity contribution in [1.29, 1.82) is 0 Å². The summed E-state index contributed by atoms with van der Waals surface area (Å²) in [6, 6.07) is 19.2. The zero-order chi connectivity index (χ0) is 24.7. The Balaban J connectivity index is 1.25. The smallest absolute Gasteiger partial charge is 0.272 e. The number of carbonyl (C=O) groups excluding carboxylic acids is 2. The standard InChI is InChI=1S/C28H30N6O2/c35-26(31-20-22-6-5-13-29-19-22)18-21-9-11-23(12-10-21)34-25-8-2-1-7-24(25)27(32-34)28(36)30-14-17-33-15-3-4-16-33/h1-2,5-13,19H,3-4,14-18,20H2,(H,30,36)(H,31,35). The molecule has 184 valence electrons. The highest BCUT2D eigenvalue weighted by molar-refractivity contribution is 6.05. The molecule has 8 heteroatoms. The van der Waals surface area contributed by atoms with Crippen molar-refractivity contribution in [3.05, 3.63) is 89.9 Å². The highest BCUT2D eigenvalue weighted by Crippen LogP contribution is 2.22. The average Bonchev–Trinajstić information content (AvgIpc) is 3.57. The lowest BCUT2D eigenvalue weighted by Crippen LogP contribution is -2.33. The maximum absolute atomic E-state index is 13.0. The van der Waals surface area contributed by atoms with Crippen LogP contribution in [0.1, 0.15) is 34.5 Å². The molecule has 3 heterocycles. The van der Waals surface area contributed by atoms with Crippen LogP contribution in [0.5, 0.6) is 0 Å². The predicted octanol–water partition coefficient (Wildman–Crippen LogP) is 3.11. The van der Waals surface area contributed by atoms with Crippen molar-refractivity contribution >= 4 is 22.7 Å². The molecule has 0 radical (unpaired) electrons. The van der Waals surface area contributed by atoms with Crippen molar-refractivity contribution < 1.29 is 9.59 Å². The monoisotopic (exact) mass is 482 g/mol. The number of benzene rings is 2. The van der Waals surface area contributed by atoms with Gasteiger partial charge < -0.3 is 15.5 Å². The molecule has 1 aliphatic heterocycles. The van der Waals surface area contributed by atoms with Gasteiger partial charge in [-0.3, -0.25) is 14.6 Å². The summed E-state index contributed by atoms with van der Waals surface area (Å²) < 4.78 is 1.79. The highest BCUT2D eigenvalue weighted by Gasteiger charge is 2.18. The maximum atomic E-state index is 13.0. The lowest BCUT2D eigenvalue weighted by Gasteiger charge is -2.14. The Hall–Kier alpha value is -4.04. The van der Waals surface area contributed by atoms with E-state index in [4.69, 9.17) is 0 Å². The van der Waals surface area contributed by atoms with Gasteiger partial charge in [0.15, 0.2) is 5.69 Å². The van der Waals surface area contributed by atoms with E-state index in [1.165, 1.54) is 12.8 Å². The third-order valence-electron chi connectivity index (χ3n) is 6.47.